The zero-order valence-electron chi connectivity index (χ0n) is 18.9. The number of piperidine rings is 1. The number of likely N-dealkylation sites (tertiary alicyclic amines) is 1. The summed E-state index contributed by atoms with van der Waals surface area (Å²) in [6, 6.07) is 22.1. The zero-order valence-corrected chi connectivity index (χ0v) is 18.9. The van der Waals surface area contributed by atoms with Crippen molar-refractivity contribution in [1.29, 1.82) is 0 Å². The van der Waals surface area contributed by atoms with E-state index in [4.69, 9.17) is 14.2 Å². The third-order valence-electron chi connectivity index (χ3n) is 6.05. The molecule has 4 rings (SSSR count). The molecule has 6 nitrogen and oxygen atoms in total. The Morgan fingerprint density at radius 1 is 0.909 bits per heavy atom. The lowest BCUT2D eigenvalue weighted by molar-refractivity contribution is -0.145. The van der Waals surface area contributed by atoms with Gasteiger partial charge in [0.15, 0.2) is 0 Å². The van der Waals surface area contributed by atoms with Gasteiger partial charge in [-0.15, -0.1) is 0 Å². The van der Waals surface area contributed by atoms with Gasteiger partial charge in [-0.05, 0) is 67.4 Å². The SMILES string of the molecule is COc1ccc(OC)c(C(c2cccc(Oc3ccccc3)c2)N2CCCCC2C(=O)O)c1. The highest BCUT2D eigenvalue weighted by atomic mass is 16.5. The summed E-state index contributed by atoms with van der Waals surface area (Å²) in [7, 11) is 3.25. The quantitative estimate of drug-likeness (QED) is 0.490. The second kappa shape index (κ2) is 10.4. The van der Waals surface area contributed by atoms with Crippen molar-refractivity contribution in [2.45, 2.75) is 31.3 Å². The Balaban J connectivity index is 1.82. The number of hydrogen-bond donors (Lipinski definition) is 1. The van der Waals surface area contributed by atoms with Crippen LogP contribution in [-0.4, -0.2) is 42.8 Å². The maximum atomic E-state index is 12.2. The minimum absolute atomic E-state index is 0.337. The number of hydrogen-bond acceptors (Lipinski definition) is 5. The van der Waals surface area contributed by atoms with Gasteiger partial charge in [0, 0.05) is 5.56 Å². The van der Waals surface area contributed by atoms with Gasteiger partial charge in [-0.3, -0.25) is 9.69 Å². The number of ether oxygens (including phenoxy) is 3. The van der Waals surface area contributed by atoms with E-state index in [2.05, 4.69) is 4.90 Å². The van der Waals surface area contributed by atoms with Crippen LogP contribution < -0.4 is 14.2 Å². The van der Waals surface area contributed by atoms with Crippen molar-refractivity contribution in [2.75, 3.05) is 20.8 Å². The van der Waals surface area contributed by atoms with Gasteiger partial charge in [-0.25, -0.2) is 0 Å². The van der Waals surface area contributed by atoms with Crippen LogP contribution >= 0.6 is 0 Å². The Labute approximate surface area is 194 Å². The van der Waals surface area contributed by atoms with Crippen molar-refractivity contribution in [3.05, 3.63) is 83.9 Å². The van der Waals surface area contributed by atoms with Gasteiger partial charge in [-0.2, -0.15) is 0 Å². The van der Waals surface area contributed by atoms with Crippen LogP contribution in [0.5, 0.6) is 23.0 Å². The van der Waals surface area contributed by atoms with Gasteiger partial charge in [0.05, 0.1) is 20.3 Å². The third kappa shape index (κ3) is 5.12. The smallest absolute Gasteiger partial charge is 0.320 e. The third-order valence-corrected chi connectivity index (χ3v) is 6.05. The molecule has 0 radical (unpaired) electrons. The average molecular weight is 448 g/mol. The van der Waals surface area contributed by atoms with E-state index in [1.807, 2.05) is 72.8 Å². The number of benzene rings is 3. The summed E-state index contributed by atoms with van der Waals surface area (Å²) >= 11 is 0. The molecule has 0 bridgehead atoms. The Kier molecular flexibility index (Phi) is 7.15. The van der Waals surface area contributed by atoms with Crippen LogP contribution in [-0.2, 0) is 4.79 Å². The second-order valence-corrected chi connectivity index (χ2v) is 8.09. The first-order valence-corrected chi connectivity index (χ1v) is 11.1. The molecule has 0 aliphatic carbocycles. The van der Waals surface area contributed by atoms with E-state index in [-0.39, 0.29) is 6.04 Å². The van der Waals surface area contributed by atoms with Crippen molar-refractivity contribution in [2.24, 2.45) is 0 Å². The fourth-order valence-electron chi connectivity index (χ4n) is 4.50. The van der Waals surface area contributed by atoms with Crippen molar-refractivity contribution < 1.29 is 24.1 Å². The van der Waals surface area contributed by atoms with Gasteiger partial charge in [-0.1, -0.05) is 36.8 Å². The lowest BCUT2D eigenvalue weighted by Gasteiger charge is -2.40. The predicted octanol–water partition coefficient (Wildman–Crippen LogP) is 5.52. The van der Waals surface area contributed by atoms with Crippen molar-refractivity contribution in [3.8, 4) is 23.0 Å². The van der Waals surface area contributed by atoms with Crippen molar-refractivity contribution in [1.82, 2.24) is 4.90 Å². The maximum absolute atomic E-state index is 12.2. The molecule has 2 unspecified atom stereocenters. The van der Waals surface area contributed by atoms with Crippen LogP contribution in [0, 0.1) is 0 Å². The molecule has 33 heavy (non-hydrogen) atoms. The molecular weight excluding hydrogens is 418 g/mol. The Morgan fingerprint density at radius 3 is 2.42 bits per heavy atom. The van der Waals surface area contributed by atoms with Gasteiger partial charge >= 0.3 is 5.97 Å². The van der Waals surface area contributed by atoms with Crippen LogP contribution in [0.15, 0.2) is 72.8 Å². The highest BCUT2D eigenvalue weighted by Gasteiger charge is 2.36. The molecule has 1 saturated heterocycles. The largest absolute Gasteiger partial charge is 0.497 e. The second-order valence-electron chi connectivity index (χ2n) is 8.09. The normalized spacial score (nSPS) is 17.2. The standard InChI is InChI=1S/C27H29NO5/c1-31-21-14-15-25(32-2)23(18-21)26(28-16-7-6-13-24(28)27(29)30)19-9-8-12-22(17-19)33-20-10-4-3-5-11-20/h3-5,8-12,14-15,17-18,24,26H,6-7,13,16H2,1-2H3,(H,29,30). The molecule has 0 aromatic heterocycles. The lowest BCUT2D eigenvalue weighted by Crippen LogP contribution is -2.46. The number of nitrogens with zero attached hydrogens (tertiary/aromatic N) is 1. The molecule has 3 aromatic carbocycles. The van der Waals surface area contributed by atoms with E-state index in [1.165, 1.54) is 0 Å². The minimum Gasteiger partial charge on any atom is -0.497 e. The number of carboxylic acids is 1. The lowest BCUT2D eigenvalue weighted by atomic mass is 9.91. The van der Waals surface area contributed by atoms with Crippen LogP contribution in [0.2, 0.25) is 0 Å². The van der Waals surface area contributed by atoms with Crippen molar-refractivity contribution >= 4 is 5.97 Å². The molecule has 1 N–H and O–H groups in total. The van der Waals surface area contributed by atoms with Gasteiger partial charge in [0.2, 0.25) is 0 Å². The van der Waals surface area contributed by atoms with E-state index in [0.717, 1.165) is 29.7 Å². The number of carboxylic acid groups (broad SMARTS) is 1. The monoisotopic (exact) mass is 447 g/mol. The molecule has 0 saturated carbocycles. The summed E-state index contributed by atoms with van der Waals surface area (Å²) < 4.78 is 17.3. The molecule has 172 valence electrons. The highest BCUT2D eigenvalue weighted by molar-refractivity contribution is 5.74. The van der Waals surface area contributed by atoms with Crippen LogP contribution in [0.3, 0.4) is 0 Å². The minimum atomic E-state index is -0.807. The number of carbonyl (C=O) groups is 1. The summed E-state index contributed by atoms with van der Waals surface area (Å²) in [5, 5.41) is 10.0. The highest BCUT2D eigenvalue weighted by Crippen LogP contribution is 2.41. The van der Waals surface area contributed by atoms with E-state index < -0.39 is 12.0 Å². The predicted molar refractivity (Wildman–Crippen MR) is 126 cm³/mol. The summed E-state index contributed by atoms with van der Waals surface area (Å²) in [6.45, 7) is 0.672. The fourth-order valence-corrected chi connectivity index (χ4v) is 4.50. The first-order chi connectivity index (χ1) is 16.1. The van der Waals surface area contributed by atoms with Crippen LogP contribution in [0.4, 0.5) is 0 Å². The first-order valence-electron chi connectivity index (χ1n) is 11.1. The molecule has 0 amide bonds. The van der Waals surface area contributed by atoms with E-state index in [1.54, 1.807) is 14.2 Å². The van der Waals surface area contributed by atoms with Gasteiger partial charge in [0.25, 0.3) is 0 Å². The van der Waals surface area contributed by atoms with E-state index in [9.17, 15) is 9.90 Å². The summed E-state index contributed by atoms with van der Waals surface area (Å²) in [5.41, 5.74) is 1.80. The van der Waals surface area contributed by atoms with Crippen LogP contribution in [0.25, 0.3) is 0 Å². The maximum Gasteiger partial charge on any atom is 0.320 e. The molecule has 1 aliphatic heterocycles. The van der Waals surface area contributed by atoms with E-state index in [0.29, 0.717) is 30.2 Å². The molecule has 6 heteroatoms. The molecule has 1 aliphatic rings. The summed E-state index contributed by atoms with van der Waals surface area (Å²) in [4.78, 5) is 14.3. The average Bonchev–Trinajstić information content (AvgIpc) is 2.85. The summed E-state index contributed by atoms with van der Waals surface area (Å²) in [6.07, 6.45) is 2.44. The Hall–Kier alpha value is -3.51. The number of aliphatic carboxylic acids is 1. The summed E-state index contributed by atoms with van der Waals surface area (Å²) in [5.74, 6) is 2.00. The topological polar surface area (TPSA) is 68.2 Å². The molecule has 1 fully saturated rings. The Morgan fingerprint density at radius 2 is 1.70 bits per heavy atom. The van der Waals surface area contributed by atoms with E-state index >= 15 is 0 Å². The van der Waals surface area contributed by atoms with Crippen molar-refractivity contribution in [3.63, 3.8) is 0 Å². The molecule has 3 aromatic rings. The number of rotatable bonds is 8. The number of methoxy groups -OCH3 is 2. The number of para-hydroxylation sites is 1. The van der Waals surface area contributed by atoms with Crippen LogP contribution in [0.1, 0.15) is 36.4 Å². The molecular formula is C27H29NO5. The molecule has 1 heterocycles. The fraction of sp³-hybridized carbons (Fsp3) is 0.296. The molecule has 0 spiro atoms. The Bertz CT molecular complexity index is 1080. The van der Waals surface area contributed by atoms with Gasteiger partial charge < -0.3 is 19.3 Å². The molecule has 2 atom stereocenters. The first kappa shape index (κ1) is 22.7. The van der Waals surface area contributed by atoms with Gasteiger partial charge in [0.1, 0.15) is 29.0 Å². The zero-order chi connectivity index (χ0) is 23.2.